The predicted octanol–water partition coefficient (Wildman–Crippen LogP) is 4.47. The summed E-state index contributed by atoms with van der Waals surface area (Å²) in [5.41, 5.74) is 3.91. The van der Waals surface area contributed by atoms with E-state index < -0.39 is 0 Å². The Balaban J connectivity index is 1.43. The number of benzene rings is 1. The molecular weight excluding hydrogens is 370 g/mol. The maximum atomic E-state index is 6.13. The van der Waals surface area contributed by atoms with Crippen LogP contribution in [-0.2, 0) is 17.7 Å². The van der Waals surface area contributed by atoms with E-state index in [4.69, 9.17) is 9.72 Å². The van der Waals surface area contributed by atoms with Crippen molar-refractivity contribution in [3.05, 3.63) is 65.5 Å². The molecule has 0 saturated carbocycles. The highest BCUT2D eigenvalue weighted by molar-refractivity contribution is 5.15. The van der Waals surface area contributed by atoms with E-state index in [1.165, 1.54) is 11.3 Å². The molecule has 2 saturated heterocycles. The van der Waals surface area contributed by atoms with Crippen molar-refractivity contribution in [1.82, 2.24) is 14.8 Å². The number of piperazine rings is 1. The summed E-state index contributed by atoms with van der Waals surface area (Å²) >= 11 is 0. The SMILES string of the molecule is Cc1cccc(CCC2(N3CCN(Cc4ccccc4)CC3)CCOC(C)(C)C2)n1. The van der Waals surface area contributed by atoms with E-state index in [2.05, 4.69) is 79.1 Å². The molecule has 2 fully saturated rings. The molecule has 0 spiro atoms. The van der Waals surface area contributed by atoms with E-state index in [-0.39, 0.29) is 11.1 Å². The van der Waals surface area contributed by atoms with Crippen molar-refractivity contribution in [3.8, 4) is 0 Å². The molecule has 162 valence electrons. The lowest BCUT2D eigenvalue weighted by Gasteiger charge is -2.53. The zero-order chi connectivity index (χ0) is 21.0. The molecule has 0 N–H and O–H groups in total. The van der Waals surface area contributed by atoms with Crippen molar-refractivity contribution in [2.45, 2.75) is 64.1 Å². The first-order chi connectivity index (χ1) is 14.4. The van der Waals surface area contributed by atoms with Crippen molar-refractivity contribution in [3.63, 3.8) is 0 Å². The lowest BCUT2D eigenvalue weighted by molar-refractivity contribution is -0.130. The van der Waals surface area contributed by atoms with Crippen molar-refractivity contribution >= 4 is 0 Å². The summed E-state index contributed by atoms with van der Waals surface area (Å²) in [5, 5.41) is 0. The summed E-state index contributed by atoms with van der Waals surface area (Å²) in [7, 11) is 0. The lowest BCUT2D eigenvalue weighted by Crippen LogP contribution is -2.61. The van der Waals surface area contributed by atoms with E-state index in [9.17, 15) is 0 Å². The van der Waals surface area contributed by atoms with Gasteiger partial charge in [-0.25, -0.2) is 0 Å². The number of rotatable bonds is 6. The van der Waals surface area contributed by atoms with Crippen LogP contribution in [0.3, 0.4) is 0 Å². The second kappa shape index (κ2) is 9.17. The van der Waals surface area contributed by atoms with Crippen LogP contribution in [0, 0.1) is 6.92 Å². The molecule has 2 aliphatic heterocycles. The van der Waals surface area contributed by atoms with Crippen LogP contribution in [0.15, 0.2) is 48.5 Å². The topological polar surface area (TPSA) is 28.6 Å². The van der Waals surface area contributed by atoms with Gasteiger partial charge in [0.25, 0.3) is 0 Å². The third kappa shape index (κ3) is 5.29. The van der Waals surface area contributed by atoms with E-state index in [0.29, 0.717) is 0 Å². The summed E-state index contributed by atoms with van der Waals surface area (Å²) in [6, 6.07) is 17.3. The average Bonchev–Trinajstić information content (AvgIpc) is 2.73. The number of hydrogen-bond donors (Lipinski definition) is 0. The highest BCUT2D eigenvalue weighted by atomic mass is 16.5. The summed E-state index contributed by atoms with van der Waals surface area (Å²) in [6.07, 6.45) is 4.43. The predicted molar refractivity (Wildman–Crippen MR) is 123 cm³/mol. The first-order valence-corrected chi connectivity index (χ1v) is 11.5. The Morgan fingerprint density at radius 2 is 1.73 bits per heavy atom. The Labute approximate surface area is 182 Å². The molecule has 1 unspecified atom stereocenters. The van der Waals surface area contributed by atoms with Crippen LogP contribution in [0.25, 0.3) is 0 Å². The number of hydrogen-bond acceptors (Lipinski definition) is 4. The van der Waals surface area contributed by atoms with Crippen molar-refractivity contribution in [1.29, 1.82) is 0 Å². The van der Waals surface area contributed by atoms with Gasteiger partial charge in [-0.3, -0.25) is 14.8 Å². The van der Waals surface area contributed by atoms with E-state index in [0.717, 1.165) is 70.7 Å². The zero-order valence-corrected chi connectivity index (χ0v) is 18.9. The van der Waals surface area contributed by atoms with Crippen molar-refractivity contribution in [2.24, 2.45) is 0 Å². The Hall–Kier alpha value is -1.75. The van der Waals surface area contributed by atoms with Gasteiger partial charge in [0, 0.05) is 56.3 Å². The average molecular weight is 408 g/mol. The van der Waals surface area contributed by atoms with Gasteiger partial charge in [-0.1, -0.05) is 36.4 Å². The molecule has 4 nitrogen and oxygen atoms in total. The van der Waals surface area contributed by atoms with E-state index in [1.54, 1.807) is 0 Å². The molecule has 0 bridgehead atoms. The van der Waals surface area contributed by atoms with Gasteiger partial charge in [-0.05, 0) is 64.2 Å². The van der Waals surface area contributed by atoms with Crippen LogP contribution in [0.5, 0.6) is 0 Å². The smallest absolute Gasteiger partial charge is 0.0644 e. The lowest BCUT2D eigenvalue weighted by atomic mass is 9.76. The first kappa shape index (κ1) is 21.5. The maximum absolute atomic E-state index is 6.13. The quantitative estimate of drug-likeness (QED) is 0.706. The molecule has 30 heavy (non-hydrogen) atoms. The molecule has 0 aliphatic carbocycles. The molecule has 0 radical (unpaired) electrons. The number of ether oxygens (including phenoxy) is 1. The maximum Gasteiger partial charge on any atom is 0.0644 e. The standard InChI is InChI=1S/C26H37N3O/c1-22-8-7-11-24(27-22)12-13-26(14-19-30-25(2,3)21-26)29-17-15-28(16-18-29)20-23-9-5-4-6-10-23/h4-11H,12-21H2,1-3H3. The summed E-state index contributed by atoms with van der Waals surface area (Å²) in [4.78, 5) is 10.2. The van der Waals surface area contributed by atoms with Gasteiger partial charge in [0.2, 0.25) is 0 Å². The minimum Gasteiger partial charge on any atom is -0.375 e. The molecule has 1 aromatic carbocycles. The summed E-state index contributed by atoms with van der Waals surface area (Å²) in [6.45, 7) is 13.1. The Kier molecular flexibility index (Phi) is 6.57. The van der Waals surface area contributed by atoms with Gasteiger partial charge in [0.15, 0.2) is 0 Å². The van der Waals surface area contributed by atoms with E-state index in [1.807, 2.05) is 0 Å². The van der Waals surface area contributed by atoms with Gasteiger partial charge in [-0.2, -0.15) is 0 Å². The monoisotopic (exact) mass is 407 g/mol. The molecule has 2 aromatic rings. The van der Waals surface area contributed by atoms with Crippen molar-refractivity contribution in [2.75, 3.05) is 32.8 Å². The fourth-order valence-electron chi connectivity index (χ4n) is 5.41. The van der Waals surface area contributed by atoms with E-state index >= 15 is 0 Å². The molecule has 1 atom stereocenters. The van der Waals surface area contributed by atoms with Gasteiger partial charge in [0.1, 0.15) is 0 Å². The first-order valence-electron chi connectivity index (χ1n) is 11.5. The van der Waals surface area contributed by atoms with Crippen LogP contribution >= 0.6 is 0 Å². The number of aromatic nitrogens is 1. The fraction of sp³-hybridized carbons (Fsp3) is 0.577. The van der Waals surface area contributed by atoms with Crippen LogP contribution in [-0.4, -0.2) is 58.7 Å². The van der Waals surface area contributed by atoms with Crippen LogP contribution in [0.2, 0.25) is 0 Å². The van der Waals surface area contributed by atoms with Gasteiger partial charge in [0.05, 0.1) is 5.60 Å². The van der Waals surface area contributed by atoms with Crippen LogP contribution < -0.4 is 0 Å². The van der Waals surface area contributed by atoms with Crippen LogP contribution in [0.4, 0.5) is 0 Å². The number of nitrogens with zero attached hydrogens (tertiary/aromatic N) is 3. The second-order valence-corrected chi connectivity index (χ2v) is 9.78. The van der Waals surface area contributed by atoms with Crippen molar-refractivity contribution < 1.29 is 4.74 Å². The largest absolute Gasteiger partial charge is 0.375 e. The van der Waals surface area contributed by atoms with Crippen LogP contribution in [0.1, 0.15) is 50.1 Å². The Morgan fingerprint density at radius 1 is 0.967 bits per heavy atom. The molecule has 4 heteroatoms. The van der Waals surface area contributed by atoms with Gasteiger partial charge < -0.3 is 4.74 Å². The molecule has 1 aromatic heterocycles. The third-order valence-corrected chi connectivity index (χ3v) is 6.90. The Morgan fingerprint density at radius 3 is 2.43 bits per heavy atom. The second-order valence-electron chi connectivity index (χ2n) is 9.78. The summed E-state index contributed by atoms with van der Waals surface area (Å²) in [5.74, 6) is 0. The zero-order valence-electron chi connectivity index (χ0n) is 18.9. The minimum atomic E-state index is -0.0561. The normalized spacial score (nSPS) is 25.3. The minimum absolute atomic E-state index is 0.0561. The third-order valence-electron chi connectivity index (χ3n) is 6.90. The molecule has 3 heterocycles. The van der Waals surface area contributed by atoms with Gasteiger partial charge >= 0.3 is 0 Å². The molecule has 0 amide bonds. The number of aryl methyl sites for hydroxylation is 2. The molecular formula is C26H37N3O. The number of pyridine rings is 1. The molecule has 2 aliphatic rings. The highest BCUT2D eigenvalue weighted by Crippen LogP contribution is 2.40. The fourth-order valence-corrected chi connectivity index (χ4v) is 5.41. The van der Waals surface area contributed by atoms with Gasteiger partial charge in [-0.15, -0.1) is 0 Å². The Bertz CT molecular complexity index is 814. The summed E-state index contributed by atoms with van der Waals surface area (Å²) < 4.78 is 6.13. The molecule has 4 rings (SSSR count). The highest BCUT2D eigenvalue weighted by Gasteiger charge is 2.45.